The summed E-state index contributed by atoms with van der Waals surface area (Å²) < 4.78 is 13.9. The fraction of sp³-hybridized carbons (Fsp3) is 0.462. The minimum atomic E-state index is -0.689. The molecule has 4 nitrogen and oxygen atoms in total. The Morgan fingerprint density at radius 1 is 1.61 bits per heavy atom. The number of rotatable bonds is 3. The van der Waals surface area contributed by atoms with Gasteiger partial charge in [0.25, 0.3) is 0 Å². The Morgan fingerprint density at radius 2 is 2.33 bits per heavy atom. The van der Waals surface area contributed by atoms with Crippen molar-refractivity contribution in [3.63, 3.8) is 0 Å². The van der Waals surface area contributed by atoms with E-state index in [9.17, 15) is 14.3 Å². The van der Waals surface area contributed by atoms with Crippen LogP contribution in [0.3, 0.4) is 0 Å². The number of nitrogens with two attached hydrogens (primary N) is 1. The van der Waals surface area contributed by atoms with Crippen LogP contribution >= 0.6 is 0 Å². The van der Waals surface area contributed by atoms with Gasteiger partial charge in [0.05, 0.1) is 17.7 Å². The van der Waals surface area contributed by atoms with Gasteiger partial charge in [-0.25, -0.2) is 4.39 Å². The molecule has 1 fully saturated rings. The predicted octanol–water partition coefficient (Wildman–Crippen LogP) is 1.19. The van der Waals surface area contributed by atoms with E-state index >= 15 is 0 Å². The highest BCUT2D eigenvalue weighted by Crippen LogP contribution is 2.28. The molecule has 0 saturated carbocycles. The molecule has 2 rings (SSSR count). The number of primary amides is 1. The van der Waals surface area contributed by atoms with E-state index in [-0.39, 0.29) is 17.6 Å². The third-order valence-corrected chi connectivity index (χ3v) is 3.39. The van der Waals surface area contributed by atoms with Crippen LogP contribution in [-0.2, 0) is 4.79 Å². The number of aliphatic hydroxyl groups is 1. The van der Waals surface area contributed by atoms with E-state index in [0.717, 1.165) is 0 Å². The lowest BCUT2D eigenvalue weighted by Crippen LogP contribution is -2.27. The van der Waals surface area contributed by atoms with Crippen LogP contribution in [0, 0.1) is 11.7 Å². The number of hydrogen-bond acceptors (Lipinski definition) is 3. The quantitative estimate of drug-likeness (QED) is 0.849. The highest BCUT2D eigenvalue weighted by Gasteiger charge is 2.28. The second-order valence-electron chi connectivity index (χ2n) is 4.72. The van der Waals surface area contributed by atoms with Crippen molar-refractivity contribution in [2.24, 2.45) is 11.7 Å². The Labute approximate surface area is 105 Å². The molecule has 18 heavy (non-hydrogen) atoms. The molecular weight excluding hydrogens is 235 g/mol. The van der Waals surface area contributed by atoms with Crippen LogP contribution in [0.2, 0.25) is 0 Å². The fourth-order valence-corrected chi connectivity index (χ4v) is 2.25. The average Bonchev–Trinajstić information content (AvgIpc) is 2.78. The van der Waals surface area contributed by atoms with Crippen molar-refractivity contribution in [2.75, 3.05) is 18.0 Å². The van der Waals surface area contributed by atoms with Gasteiger partial charge in [-0.15, -0.1) is 0 Å². The molecule has 2 atom stereocenters. The second kappa shape index (κ2) is 4.94. The van der Waals surface area contributed by atoms with Gasteiger partial charge in [0.2, 0.25) is 5.91 Å². The molecule has 5 heteroatoms. The molecule has 0 aromatic heterocycles. The Morgan fingerprint density at radius 3 is 2.83 bits per heavy atom. The predicted molar refractivity (Wildman–Crippen MR) is 66.5 cm³/mol. The Kier molecular flexibility index (Phi) is 3.52. The summed E-state index contributed by atoms with van der Waals surface area (Å²) in [6, 6.07) is 4.67. The molecule has 0 radical (unpaired) electrons. The lowest BCUT2D eigenvalue weighted by Gasteiger charge is -2.19. The van der Waals surface area contributed by atoms with Crippen LogP contribution in [0.15, 0.2) is 18.2 Å². The summed E-state index contributed by atoms with van der Waals surface area (Å²) in [4.78, 5) is 12.9. The molecule has 1 aromatic rings. The van der Waals surface area contributed by atoms with E-state index < -0.39 is 6.10 Å². The molecule has 0 aliphatic carbocycles. The number of halogens is 1. The van der Waals surface area contributed by atoms with Crippen molar-refractivity contribution >= 4 is 11.6 Å². The Bertz CT molecular complexity index is 462. The molecule has 3 N–H and O–H groups in total. The molecule has 1 aromatic carbocycles. The zero-order chi connectivity index (χ0) is 13.3. The van der Waals surface area contributed by atoms with Gasteiger partial charge in [-0.3, -0.25) is 4.79 Å². The van der Waals surface area contributed by atoms with Crippen LogP contribution in [0.4, 0.5) is 10.1 Å². The molecule has 1 aliphatic rings. The van der Waals surface area contributed by atoms with E-state index in [4.69, 9.17) is 5.73 Å². The number of amides is 1. The molecule has 0 spiro atoms. The van der Waals surface area contributed by atoms with Gasteiger partial charge in [0.15, 0.2) is 0 Å². The van der Waals surface area contributed by atoms with Gasteiger partial charge in [-0.2, -0.15) is 0 Å². The van der Waals surface area contributed by atoms with Gasteiger partial charge < -0.3 is 15.7 Å². The van der Waals surface area contributed by atoms with E-state index in [1.165, 1.54) is 6.07 Å². The zero-order valence-corrected chi connectivity index (χ0v) is 10.3. The number of hydrogen-bond donors (Lipinski definition) is 2. The third-order valence-electron chi connectivity index (χ3n) is 3.39. The maximum absolute atomic E-state index is 13.9. The number of nitrogens with zero attached hydrogens (tertiary/aromatic N) is 1. The number of carbonyl (C=O) groups excluding carboxylic acids is 1. The molecule has 1 amide bonds. The Hall–Kier alpha value is -1.62. The smallest absolute Gasteiger partial charge is 0.222 e. The van der Waals surface area contributed by atoms with Gasteiger partial charge in [-0.05, 0) is 31.0 Å². The lowest BCUT2D eigenvalue weighted by atomic mass is 10.1. The number of carbonyl (C=O) groups is 1. The van der Waals surface area contributed by atoms with Crippen LogP contribution in [0.5, 0.6) is 0 Å². The van der Waals surface area contributed by atoms with Crippen molar-refractivity contribution in [3.05, 3.63) is 29.6 Å². The van der Waals surface area contributed by atoms with E-state index in [1.807, 2.05) is 4.90 Å². The fourth-order valence-electron chi connectivity index (χ4n) is 2.25. The Balaban J connectivity index is 2.17. The molecule has 1 heterocycles. The van der Waals surface area contributed by atoms with Crippen molar-refractivity contribution in [1.29, 1.82) is 0 Å². The number of aliphatic hydroxyl groups excluding tert-OH is 1. The summed E-state index contributed by atoms with van der Waals surface area (Å²) in [6.07, 6.45) is -0.0297. The molecule has 1 unspecified atom stereocenters. The molecule has 1 saturated heterocycles. The maximum atomic E-state index is 13.9. The molecule has 0 bridgehead atoms. The normalized spacial score (nSPS) is 21.1. The summed E-state index contributed by atoms with van der Waals surface area (Å²) in [5, 5.41) is 9.38. The summed E-state index contributed by atoms with van der Waals surface area (Å²) in [7, 11) is 0. The van der Waals surface area contributed by atoms with E-state index in [0.29, 0.717) is 30.8 Å². The van der Waals surface area contributed by atoms with Crippen molar-refractivity contribution in [2.45, 2.75) is 19.4 Å². The van der Waals surface area contributed by atoms with E-state index in [2.05, 4.69) is 0 Å². The SMILES string of the molecule is C[C@@H](O)c1ccc(N2CCC(C(N)=O)C2)c(F)c1. The minimum absolute atomic E-state index is 0.208. The first-order valence-corrected chi connectivity index (χ1v) is 6.01. The first-order chi connectivity index (χ1) is 8.49. The first-order valence-electron chi connectivity index (χ1n) is 6.01. The summed E-state index contributed by atoms with van der Waals surface area (Å²) in [5.41, 5.74) is 6.25. The highest BCUT2D eigenvalue weighted by molar-refractivity contribution is 5.78. The highest BCUT2D eigenvalue weighted by atomic mass is 19.1. The number of anilines is 1. The molecule has 98 valence electrons. The van der Waals surface area contributed by atoms with Gasteiger partial charge in [-0.1, -0.05) is 6.07 Å². The minimum Gasteiger partial charge on any atom is -0.389 e. The lowest BCUT2D eigenvalue weighted by molar-refractivity contribution is -0.121. The maximum Gasteiger partial charge on any atom is 0.222 e. The van der Waals surface area contributed by atoms with Crippen LogP contribution < -0.4 is 10.6 Å². The van der Waals surface area contributed by atoms with Gasteiger partial charge >= 0.3 is 0 Å². The average molecular weight is 252 g/mol. The van der Waals surface area contributed by atoms with Gasteiger partial charge in [0.1, 0.15) is 5.82 Å². The summed E-state index contributed by atoms with van der Waals surface area (Å²) in [6.45, 7) is 2.67. The largest absolute Gasteiger partial charge is 0.389 e. The van der Waals surface area contributed by atoms with Gasteiger partial charge in [0, 0.05) is 13.1 Å². The third kappa shape index (κ3) is 2.46. The van der Waals surface area contributed by atoms with Crippen LogP contribution in [0.25, 0.3) is 0 Å². The monoisotopic (exact) mass is 252 g/mol. The first kappa shape index (κ1) is 12.8. The van der Waals surface area contributed by atoms with Crippen molar-refractivity contribution in [1.82, 2.24) is 0 Å². The summed E-state index contributed by atoms with van der Waals surface area (Å²) in [5.74, 6) is -0.919. The zero-order valence-electron chi connectivity index (χ0n) is 10.3. The standard InChI is InChI=1S/C13H17FN2O2/c1-8(17)9-2-3-12(11(14)6-9)16-5-4-10(7-16)13(15)18/h2-3,6,8,10,17H,4-5,7H2,1H3,(H2,15,18)/t8-,10?/m1/s1. The van der Waals surface area contributed by atoms with Crippen LogP contribution in [-0.4, -0.2) is 24.1 Å². The second-order valence-corrected chi connectivity index (χ2v) is 4.72. The number of benzene rings is 1. The van der Waals surface area contributed by atoms with Crippen LogP contribution in [0.1, 0.15) is 25.0 Å². The van der Waals surface area contributed by atoms with Crippen molar-refractivity contribution < 1.29 is 14.3 Å². The summed E-state index contributed by atoms with van der Waals surface area (Å²) >= 11 is 0. The molecule has 1 aliphatic heterocycles. The van der Waals surface area contributed by atoms with Crippen molar-refractivity contribution in [3.8, 4) is 0 Å². The van der Waals surface area contributed by atoms with E-state index in [1.54, 1.807) is 19.1 Å². The molecular formula is C13H17FN2O2. The topological polar surface area (TPSA) is 66.6 Å².